The standard InChI is InChI=1S/C9H20NO/c1-3-5-10(4-2)6-8-11-9-7-10/h3-9H2,1-2H3/q+1. The van der Waals surface area contributed by atoms with Crippen molar-refractivity contribution in [3.8, 4) is 0 Å². The summed E-state index contributed by atoms with van der Waals surface area (Å²) in [6.07, 6.45) is 1.30. The average molecular weight is 158 g/mol. The number of rotatable bonds is 3. The zero-order chi connectivity index (χ0) is 8.16. The van der Waals surface area contributed by atoms with Crippen LogP contribution in [0, 0.1) is 0 Å². The number of quaternary nitrogens is 1. The third-order valence-corrected chi connectivity index (χ3v) is 2.79. The highest BCUT2D eigenvalue weighted by molar-refractivity contribution is 4.48. The van der Waals surface area contributed by atoms with Crippen molar-refractivity contribution in [1.29, 1.82) is 0 Å². The molecule has 0 atom stereocenters. The molecule has 0 saturated carbocycles. The van der Waals surface area contributed by atoms with E-state index in [1.54, 1.807) is 0 Å². The molecule has 2 heteroatoms. The van der Waals surface area contributed by atoms with Crippen molar-refractivity contribution in [3.63, 3.8) is 0 Å². The molecule has 1 heterocycles. The highest BCUT2D eigenvalue weighted by Crippen LogP contribution is 2.11. The number of hydrogen-bond donors (Lipinski definition) is 0. The normalized spacial score (nSPS) is 23.5. The second-order valence-electron chi connectivity index (χ2n) is 3.44. The van der Waals surface area contributed by atoms with Crippen LogP contribution in [0.2, 0.25) is 0 Å². The second kappa shape index (κ2) is 4.07. The van der Waals surface area contributed by atoms with Crippen molar-refractivity contribution in [2.24, 2.45) is 0 Å². The Morgan fingerprint density at radius 1 is 1.18 bits per heavy atom. The van der Waals surface area contributed by atoms with Crippen molar-refractivity contribution in [2.45, 2.75) is 20.3 Å². The van der Waals surface area contributed by atoms with E-state index in [2.05, 4.69) is 13.8 Å². The number of nitrogens with zero attached hydrogens (tertiary/aromatic N) is 1. The van der Waals surface area contributed by atoms with Crippen LogP contribution < -0.4 is 0 Å². The molecule has 2 nitrogen and oxygen atoms in total. The van der Waals surface area contributed by atoms with Gasteiger partial charge in [-0.05, 0) is 13.3 Å². The Morgan fingerprint density at radius 2 is 1.82 bits per heavy atom. The van der Waals surface area contributed by atoms with Crippen LogP contribution >= 0.6 is 0 Å². The summed E-state index contributed by atoms with van der Waals surface area (Å²) < 4.78 is 6.65. The fourth-order valence-corrected chi connectivity index (χ4v) is 1.90. The van der Waals surface area contributed by atoms with Crippen LogP contribution in [-0.4, -0.2) is 43.9 Å². The Balaban J connectivity index is 2.42. The molecule has 1 aliphatic heterocycles. The van der Waals surface area contributed by atoms with E-state index in [0.29, 0.717) is 0 Å². The molecule has 11 heavy (non-hydrogen) atoms. The van der Waals surface area contributed by atoms with Gasteiger partial charge in [-0.25, -0.2) is 0 Å². The SMILES string of the molecule is CCC[N+]1(CC)CCOCC1. The molecule has 0 aromatic carbocycles. The van der Waals surface area contributed by atoms with Crippen LogP contribution in [0.1, 0.15) is 20.3 Å². The van der Waals surface area contributed by atoms with Gasteiger partial charge in [0.25, 0.3) is 0 Å². The predicted molar refractivity (Wildman–Crippen MR) is 46.5 cm³/mol. The maximum absolute atomic E-state index is 5.36. The van der Waals surface area contributed by atoms with Gasteiger partial charge < -0.3 is 9.22 Å². The summed E-state index contributed by atoms with van der Waals surface area (Å²) in [5, 5.41) is 0. The second-order valence-corrected chi connectivity index (χ2v) is 3.44. The van der Waals surface area contributed by atoms with Gasteiger partial charge >= 0.3 is 0 Å². The zero-order valence-electron chi connectivity index (χ0n) is 7.81. The van der Waals surface area contributed by atoms with Gasteiger partial charge in [-0.2, -0.15) is 0 Å². The largest absolute Gasteiger partial charge is 0.370 e. The number of hydrogen-bond acceptors (Lipinski definition) is 1. The molecule has 0 bridgehead atoms. The average Bonchev–Trinajstić information content (AvgIpc) is 2.07. The van der Waals surface area contributed by atoms with Crippen LogP contribution in [0.5, 0.6) is 0 Å². The first-order valence-electron chi connectivity index (χ1n) is 4.76. The topological polar surface area (TPSA) is 9.23 Å². The quantitative estimate of drug-likeness (QED) is 0.562. The smallest absolute Gasteiger partial charge is 0.102 e. The lowest BCUT2D eigenvalue weighted by Crippen LogP contribution is -2.55. The van der Waals surface area contributed by atoms with Crippen LogP contribution in [0.25, 0.3) is 0 Å². The van der Waals surface area contributed by atoms with Crippen LogP contribution in [0.15, 0.2) is 0 Å². The van der Waals surface area contributed by atoms with Crippen molar-refractivity contribution >= 4 is 0 Å². The fraction of sp³-hybridized carbons (Fsp3) is 1.00. The van der Waals surface area contributed by atoms with Crippen LogP contribution in [-0.2, 0) is 4.74 Å². The Labute approximate surface area is 69.7 Å². The van der Waals surface area contributed by atoms with Gasteiger partial charge in [-0.15, -0.1) is 0 Å². The fourth-order valence-electron chi connectivity index (χ4n) is 1.90. The van der Waals surface area contributed by atoms with E-state index in [4.69, 9.17) is 4.74 Å². The molecule has 0 amide bonds. The summed E-state index contributed by atoms with van der Waals surface area (Å²) in [6, 6.07) is 0. The summed E-state index contributed by atoms with van der Waals surface area (Å²) >= 11 is 0. The predicted octanol–water partition coefficient (Wildman–Crippen LogP) is 1.26. The number of morpholine rings is 1. The van der Waals surface area contributed by atoms with E-state index in [1.807, 2.05) is 0 Å². The minimum absolute atomic E-state index is 0.966. The number of likely N-dealkylation sites (N-methyl/N-ethyl adjacent to an activating group) is 1. The Bertz CT molecular complexity index is 103. The maximum atomic E-state index is 5.36. The lowest BCUT2D eigenvalue weighted by Gasteiger charge is -2.40. The van der Waals surface area contributed by atoms with E-state index in [9.17, 15) is 0 Å². The lowest BCUT2D eigenvalue weighted by molar-refractivity contribution is -0.933. The van der Waals surface area contributed by atoms with Gasteiger partial charge in [0.15, 0.2) is 0 Å². The summed E-state index contributed by atoms with van der Waals surface area (Å²) in [4.78, 5) is 0. The minimum atomic E-state index is 0.966. The Hall–Kier alpha value is -0.0800. The highest BCUT2D eigenvalue weighted by Gasteiger charge is 2.26. The summed E-state index contributed by atoms with van der Waals surface area (Å²) in [6.45, 7) is 11.6. The van der Waals surface area contributed by atoms with Gasteiger partial charge in [0, 0.05) is 0 Å². The zero-order valence-corrected chi connectivity index (χ0v) is 7.81. The Morgan fingerprint density at radius 3 is 2.27 bits per heavy atom. The molecule has 1 rings (SSSR count). The molecule has 0 aromatic rings. The van der Waals surface area contributed by atoms with E-state index < -0.39 is 0 Å². The molecule has 1 fully saturated rings. The molecular weight excluding hydrogens is 138 g/mol. The van der Waals surface area contributed by atoms with E-state index in [-0.39, 0.29) is 0 Å². The van der Waals surface area contributed by atoms with Crippen molar-refractivity contribution < 1.29 is 9.22 Å². The molecule has 1 saturated heterocycles. The van der Waals surface area contributed by atoms with E-state index in [1.165, 1.54) is 37.1 Å². The van der Waals surface area contributed by atoms with Crippen molar-refractivity contribution in [2.75, 3.05) is 39.4 Å². The number of ether oxygens (including phenoxy) is 1. The van der Waals surface area contributed by atoms with Gasteiger partial charge in [-0.1, -0.05) is 6.92 Å². The minimum Gasteiger partial charge on any atom is -0.370 e. The highest BCUT2D eigenvalue weighted by atomic mass is 16.5. The molecule has 1 aliphatic rings. The molecule has 0 N–H and O–H groups in total. The third kappa shape index (κ3) is 2.17. The van der Waals surface area contributed by atoms with Gasteiger partial charge in [-0.3, -0.25) is 0 Å². The van der Waals surface area contributed by atoms with E-state index >= 15 is 0 Å². The molecule has 0 radical (unpaired) electrons. The summed E-state index contributed by atoms with van der Waals surface area (Å²) in [5.74, 6) is 0. The monoisotopic (exact) mass is 158 g/mol. The first-order valence-corrected chi connectivity index (χ1v) is 4.76. The van der Waals surface area contributed by atoms with Crippen molar-refractivity contribution in [1.82, 2.24) is 0 Å². The molecule has 0 unspecified atom stereocenters. The lowest BCUT2D eigenvalue weighted by atomic mass is 10.2. The van der Waals surface area contributed by atoms with E-state index in [0.717, 1.165) is 13.2 Å². The molecular formula is C9H20NO+. The summed E-state index contributed by atoms with van der Waals surface area (Å²) in [7, 11) is 0. The van der Waals surface area contributed by atoms with Gasteiger partial charge in [0.05, 0.1) is 26.3 Å². The van der Waals surface area contributed by atoms with Gasteiger partial charge in [0.2, 0.25) is 0 Å². The summed E-state index contributed by atoms with van der Waals surface area (Å²) in [5.41, 5.74) is 0. The first kappa shape index (κ1) is 9.01. The maximum Gasteiger partial charge on any atom is 0.102 e. The molecule has 66 valence electrons. The molecule has 0 spiro atoms. The molecule has 0 aromatic heterocycles. The van der Waals surface area contributed by atoms with Crippen LogP contribution in [0.4, 0.5) is 0 Å². The van der Waals surface area contributed by atoms with Gasteiger partial charge in [0.1, 0.15) is 13.1 Å². The molecule has 0 aliphatic carbocycles. The first-order chi connectivity index (χ1) is 5.33. The Kier molecular flexibility index (Phi) is 3.34. The third-order valence-electron chi connectivity index (χ3n) is 2.79. The van der Waals surface area contributed by atoms with Crippen molar-refractivity contribution in [3.05, 3.63) is 0 Å². The van der Waals surface area contributed by atoms with Crippen LogP contribution in [0.3, 0.4) is 0 Å².